The van der Waals surface area contributed by atoms with Gasteiger partial charge in [-0.3, -0.25) is 4.79 Å². The van der Waals surface area contributed by atoms with Gasteiger partial charge in [-0.1, -0.05) is 6.07 Å². The number of carbonyl (C=O) groups is 1. The van der Waals surface area contributed by atoms with Crippen molar-refractivity contribution in [2.75, 3.05) is 26.2 Å². The van der Waals surface area contributed by atoms with Crippen LogP contribution in [0.5, 0.6) is 0 Å². The Kier molecular flexibility index (Phi) is 4.22. The minimum Gasteiger partial charge on any atom is -0.374 e. The summed E-state index contributed by atoms with van der Waals surface area (Å²) in [5, 5.41) is 5.56. The Bertz CT molecular complexity index is 414. The van der Waals surface area contributed by atoms with Crippen LogP contribution in [0.15, 0.2) is 18.2 Å². The number of halogens is 2. The van der Waals surface area contributed by atoms with Crippen molar-refractivity contribution in [1.29, 1.82) is 0 Å². The molecule has 18 heavy (non-hydrogen) atoms. The minimum atomic E-state index is -0.866. The Morgan fingerprint density at radius 1 is 1.44 bits per heavy atom. The fourth-order valence-corrected chi connectivity index (χ4v) is 1.76. The smallest absolute Gasteiger partial charge is 0.257 e. The number of nitrogens with one attached hydrogen (secondary N) is 2. The number of benzene rings is 1. The first kappa shape index (κ1) is 12.9. The van der Waals surface area contributed by atoms with Gasteiger partial charge in [0.15, 0.2) is 0 Å². The zero-order valence-electron chi connectivity index (χ0n) is 9.71. The average Bonchev–Trinajstić information content (AvgIpc) is 2.37. The van der Waals surface area contributed by atoms with Gasteiger partial charge in [0.05, 0.1) is 12.7 Å². The van der Waals surface area contributed by atoms with Crippen LogP contribution in [0.2, 0.25) is 0 Å². The maximum atomic E-state index is 13.3. The molecule has 1 saturated heterocycles. The Labute approximate surface area is 103 Å². The lowest BCUT2D eigenvalue weighted by Gasteiger charge is -2.23. The van der Waals surface area contributed by atoms with Crippen molar-refractivity contribution < 1.29 is 18.3 Å². The van der Waals surface area contributed by atoms with Crippen LogP contribution in [0, 0.1) is 11.6 Å². The molecule has 2 rings (SSSR count). The molecule has 1 aliphatic heterocycles. The largest absolute Gasteiger partial charge is 0.374 e. The van der Waals surface area contributed by atoms with Crippen molar-refractivity contribution in [2.45, 2.75) is 6.10 Å². The summed E-state index contributed by atoms with van der Waals surface area (Å²) in [5.41, 5.74) is -0.554. The van der Waals surface area contributed by atoms with Gasteiger partial charge in [-0.2, -0.15) is 0 Å². The molecule has 0 radical (unpaired) electrons. The molecule has 4 nitrogen and oxygen atoms in total. The molecule has 6 heteroatoms. The second-order valence-electron chi connectivity index (χ2n) is 4.00. The normalized spacial score (nSPS) is 19.6. The SMILES string of the molecule is O=C(NCC1CNCCO1)c1c(F)cccc1F. The summed E-state index contributed by atoms with van der Waals surface area (Å²) >= 11 is 0. The topological polar surface area (TPSA) is 50.4 Å². The number of rotatable bonds is 3. The van der Waals surface area contributed by atoms with Crippen molar-refractivity contribution >= 4 is 5.91 Å². The summed E-state index contributed by atoms with van der Waals surface area (Å²) in [6.07, 6.45) is -0.169. The summed E-state index contributed by atoms with van der Waals surface area (Å²) in [4.78, 5) is 11.7. The molecule has 1 fully saturated rings. The molecule has 98 valence electrons. The summed E-state index contributed by atoms with van der Waals surface area (Å²) in [6.45, 7) is 2.17. The average molecular weight is 256 g/mol. The lowest BCUT2D eigenvalue weighted by atomic mass is 10.2. The van der Waals surface area contributed by atoms with Gasteiger partial charge in [0.1, 0.15) is 17.2 Å². The van der Waals surface area contributed by atoms with Crippen molar-refractivity contribution in [1.82, 2.24) is 10.6 Å². The number of hydrogen-bond acceptors (Lipinski definition) is 3. The molecule has 0 spiro atoms. The predicted molar refractivity (Wildman–Crippen MR) is 61.3 cm³/mol. The first-order valence-corrected chi connectivity index (χ1v) is 5.73. The summed E-state index contributed by atoms with van der Waals surface area (Å²) in [6, 6.07) is 3.32. The predicted octanol–water partition coefficient (Wildman–Crippen LogP) is 0.683. The zero-order chi connectivity index (χ0) is 13.0. The van der Waals surface area contributed by atoms with E-state index in [2.05, 4.69) is 10.6 Å². The molecule has 2 N–H and O–H groups in total. The number of carbonyl (C=O) groups excluding carboxylic acids is 1. The Morgan fingerprint density at radius 2 is 2.17 bits per heavy atom. The second-order valence-corrected chi connectivity index (χ2v) is 4.00. The van der Waals surface area contributed by atoms with Gasteiger partial charge in [-0.25, -0.2) is 8.78 Å². The zero-order valence-corrected chi connectivity index (χ0v) is 9.71. The molecule has 1 aromatic carbocycles. The van der Waals surface area contributed by atoms with E-state index < -0.39 is 23.1 Å². The third kappa shape index (κ3) is 3.02. The molecule has 1 aromatic rings. The second kappa shape index (κ2) is 5.88. The molecule has 1 atom stereocenters. The summed E-state index contributed by atoms with van der Waals surface area (Å²) in [5.74, 6) is -2.50. The van der Waals surface area contributed by atoms with Gasteiger partial charge in [-0.15, -0.1) is 0 Å². The highest BCUT2D eigenvalue weighted by Gasteiger charge is 2.19. The van der Waals surface area contributed by atoms with E-state index in [1.54, 1.807) is 0 Å². The van der Waals surface area contributed by atoms with E-state index in [0.29, 0.717) is 13.2 Å². The first-order valence-electron chi connectivity index (χ1n) is 5.73. The van der Waals surface area contributed by atoms with Crippen LogP contribution in [0.3, 0.4) is 0 Å². The molecule has 1 aliphatic rings. The maximum Gasteiger partial charge on any atom is 0.257 e. The minimum absolute atomic E-state index is 0.169. The van der Waals surface area contributed by atoms with E-state index in [1.807, 2.05) is 0 Å². The number of morpholine rings is 1. The molecular weight excluding hydrogens is 242 g/mol. The van der Waals surface area contributed by atoms with Gasteiger partial charge < -0.3 is 15.4 Å². The molecule has 0 saturated carbocycles. The van der Waals surface area contributed by atoms with Crippen molar-refractivity contribution in [2.24, 2.45) is 0 Å². The van der Waals surface area contributed by atoms with Crippen molar-refractivity contribution in [3.8, 4) is 0 Å². The van der Waals surface area contributed by atoms with Gasteiger partial charge >= 0.3 is 0 Å². The van der Waals surface area contributed by atoms with E-state index in [1.165, 1.54) is 6.07 Å². The van der Waals surface area contributed by atoms with Crippen LogP contribution in [0.4, 0.5) is 8.78 Å². The van der Waals surface area contributed by atoms with Gasteiger partial charge in [0, 0.05) is 19.6 Å². The molecule has 1 amide bonds. The van der Waals surface area contributed by atoms with Crippen LogP contribution in [0.25, 0.3) is 0 Å². The highest BCUT2D eigenvalue weighted by molar-refractivity contribution is 5.94. The lowest BCUT2D eigenvalue weighted by molar-refractivity contribution is 0.0286. The van der Waals surface area contributed by atoms with Gasteiger partial charge in [0.25, 0.3) is 5.91 Å². The van der Waals surface area contributed by atoms with E-state index in [4.69, 9.17) is 4.74 Å². The molecule has 0 aliphatic carbocycles. The van der Waals surface area contributed by atoms with Gasteiger partial charge in [0.2, 0.25) is 0 Å². The highest BCUT2D eigenvalue weighted by atomic mass is 19.1. The quantitative estimate of drug-likeness (QED) is 0.836. The van der Waals surface area contributed by atoms with Crippen LogP contribution in [-0.2, 0) is 4.74 Å². The molecule has 0 aromatic heterocycles. The Morgan fingerprint density at radius 3 is 2.78 bits per heavy atom. The molecule has 1 heterocycles. The third-order valence-corrected chi connectivity index (χ3v) is 2.68. The van der Waals surface area contributed by atoms with E-state index in [-0.39, 0.29) is 12.6 Å². The van der Waals surface area contributed by atoms with Crippen LogP contribution in [0.1, 0.15) is 10.4 Å². The maximum absolute atomic E-state index is 13.3. The van der Waals surface area contributed by atoms with E-state index in [0.717, 1.165) is 18.7 Å². The lowest BCUT2D eigenvalue weighted by Crippen LogP contribution is -2.45. The Hall–Kier alpha value is -1.53. The molecular formula is C12H14F2N2O2. The van der Waals surface area contributed by atoms with E-state index in [9.17, 15) is 13.6 Å². The fraction of sp³-hybridized carbons (Fsp3) is 0.417. The summed E-state index contributed by atoms with van der Waals surface area (Å²) < 4.78 is 32.0. The third-order valence-electron chi connectivity index (χ3n) is 2.68. The highest BCUT2D eigenvalue weighted by Crippen LogP contribution is 2.11. The van der Waals surface area contributed by atoms with Crippen molar-refractivity contribution in [3.05, 3.63) is 35.4 Å². The molecule has 0 bridgehead atoms. The van der Waals surface area contributed by atoms with Crippen LogP contribution in [-0.4, -0.2) is 38.3 Å². The van der Waals surface area contributed by atoms with Gasteiger partial charge in [-0.05, 0) is 12.1 Å². The number of amides is 1. The number of hydrogen-bond donors (Lipinski definition) is 2. The fourth-order valence-electron chi connectivity index (χ4n) is 1.76. The van der Waals surface area contributed by atoms with Crippen LogP contribution >= 0.6 is 0 Å². The summed E-state index contributed by atoms with van der Waals surface area (Å²) in [7, 11) is 0. The number of ether oxygens (including phenoxy) is 1. The monoisotopic (exact) mass is 256 g/mol. The first-order chi connectivity index (χ1) is 8.68. The van der Waals surface area contributed by atoms with Crippen molar-refractivity contribution in [3.63, 3.8) is 0 Å². The van der Waals surface area contributed by atoms with Crippen LogP contribution < -0.4 is 10.6 Å². The molecule has 1 unspecified atom stereocenters. The standard InChI is InChI=1S/C12H14F2N2O2/c13-9-2-1-3-10(14)11(9)12(17)16-7-8-6-15-4-5-18-8/h1-3,8,15H,4-7H2,(H,16,17). The van der Waals surface area contributed by atoms with E-state index >= 15 is 0 Å². The Balaban J connectivity index is 1.95.